The van der Waals surface area contributed by atoms with E-state index in [0.29, 0.717) is 19.5 Å². The first-order valence-electron chi connectivity index (χ1n) is 12.4. The highest BCUT2D eigenvalue weighted by atomic mass is 19.4. The summed E-state index contributed by atoms with van der Waals surface area (Å²) in [5.41, 5.74) is -1.90. The average Bonchev–Trinajstić information content (AvgIpc) is 3.43. The van der Waals surface area contributed by atoms with Gasteiger partial charge in [-0.1, -0.05) is 42.5 Å². The Morgan fingerprint density at radius 2 is 1.79 bits per heavy atom. The van der Waals surface area contributed by atoms with Crippen molar-refractivity contribution in [1.82, 2.24) is 4.57 Å². The van der Waals surface area contributed by atoms with Crippen LogP contribution in [0.15, 0.2) is 67.0 Å². The summed E-state index contributed by atoms with van der Waals surface area (Å²) in [5.74, 6) is -3.98. The third-order valence-corrected chi connectivity index (χ3v) is 7.19. The summed E-state index contributed by atoms with van der Waals surface area (Å²) in [6.45, 7) is 2.71. The lowest BCUT2D eigenvalue weighted by atomic mass is 9.80. The molecule has 0 unspecified atom stereocenters. The average molecular weight is 538 g/mol. The van der Waals surface area contributed by atoms with Crippen LogP contribution < -0.4 is 4.57 Å². The minimum Gasteiger partial charge on any atom is -0.463 e. The van der Waals surface area contributed by atoms with Gasteiger partial charge in [0.2, 0.25) is 5.92 Å². The van der Waals surface area contributed by atoms with Gasteiger partial charge in [-0.3, -0.25) is 0 Å². The molecule has 1 saturated carbocycles. The Hall–Kier alpha value is -3.27. The van der Waals surface area contributed by atoms with E-state index in [4.69, 9.17) is 4.74 Å². The summed E-state index contributed by atoms with van der Waals surface area (Å²) < 4.78 is 75.4. The van der Waals surface area contributed by atoms with Crippen LogP contribution in [0.4, 0.5) is 22.0 Å². The van der Waals surface area contributed by atoms with Crippen molar-refractivity contribution in [1.29, 1.82) is 0 Å². The smallest absolute Gasteiger partial charge is 0.416 e. The zero-order chi connectivity index (χ0) is 27.6. The number of hydrogen-bond acceptors (Lipinski definition) is 3. The first kappa shape index (κ1) is 27.8. The Labute approximate surface area is 217 Å². The molecule has 5 nitrogen and oxygen atoms in total. The number of carbonyl (C=O) groups excluding carboxylic acids is 1. The monoisotopic (exact) mass is 537 g/mol. The quantitative estimate of drug-likeness (QED) is 0.172. The van der Waals surface area contributed by atoms with Crippen molar-refractivity contribution >= 4 is 5.97 Å². The number of nitrogens with zero attached hydrogens (tertiary/aromatic N) is 2. The molecule has 0 saturated heterocycles. The molecule has 0 radical (unpaired) electrons. The SMILES string of the molecule is Cc1n(CCCOC(=O)[C@](O)(c2ccccc2)[C@@H]2CCC(F)(F)C2)cc[n+]1Cc1ccc(C(F)(F)F)cc1. The van der Waals surface area contributed by atoms with Crippen LogP contribution in [-0.4, -0.2) is 28.2 Å². The van der Waals surface area contributed by atoms with E-state index in [1.54, 1.807) is 18.2 Å². The molecule has 4 rings (SSSR count). The largest absolute Gasteiger partial charge is 0.463 e. The van der Waals surface area contributed by atoms with Crippen LogP contribution in [0, 0.1) is 12.8 Å². The number of halogens is 5. The first-order chi connectivity index (χ1) is 17.9. The molecule has 1 aliphatic rings. The molecule has 0 amide bonds. The Morgan fingerprint density at radius 3 is 2.39 bits per heavy atom. The Morgan fingerprint density at radius 1 is 1.11 bits per heavy atom. The highest BCUT2D eigenvalue weighted by Gasteiger charge is 2.54. The molecule has 38 heavy (non-hydrogen) atoms. The molecular weight excluding hydrogens is 507 g/mol. The van der Waals surface area contributed by atoms with Crippen molar-refractivity contribution in [3.63, 3.8) is 0 Å². The fourth-order valence-corrected chi connectivity index (χ4v) is 4.97. The van der Waals surface area contributed by atoms with Gasteiger partial charge in [-0.25, -0.2) is 22.7 Å². The maximum atomic E-state index is 13.9. The molecular formula is C28H30F5N2O3+. The number of ether oxygens (including phenoxy) is 1. The summed E-state index contributed by atoms with van der Waals surface area (Å²) in [4.78, 5) is 13.0. The molecule has 0 spiro atoms. The molecule has 1 N–H and O–H groups in total. The van der Waals surface area contributed by atoms with Crippen molar-refractivity contribution in [2.75, 3.05) is 6.61 Å². The van der Waals surface area contributed by atoms with E-state index < -0.39 is 41.6 Å². The van der Waals surface area contributed by atoms with Gasteiger partial charge in [0.1, 0.15) is 18.9 Å². The molecule has 1 aromatic heterocycles. The third kappa shape index (κ3) is 6.06. The lowest BCUT2D eigenvalue weighted by Gasteiger charge is -2.32. The predicted molar refractivity (Wildman–Crippen MR) is 128 cm³/mol. The van der Waals surface area contributed by atoms with Gasteiger partial charge < -0.3 is 9.84 Å². The lowest BCUT2D eigenvalue weighted by molar-refractivity contribution is -0.694. The Balaban J connectivity index is 1.35. The minimum absolute atomic E-state index is 0.00892. The van der Waals surface area contributed by atoms with E-state index >= 15 is 0 Å². The molecule has 0 bridgehead atoms. The topological polar surface area (TPSA) is 55.3 Å². The molecule has 10 heteroatoms. The van der Waals surface area contributed by atoms with Crippen LogP contribution in [0.3, 0.4) is 0 Å². The molecule has 2 atom stereocenters. The maximum absolute atomic E-state index is 13.9. The van der Waals surface area contributed by atoms with Gasteiger partial charge in [-0.2, -0.15) is 13.2 Å². The molecule has 3 aromatic rings. The summed E-state index contributed by atoms with van der Waals surface area (Å²) in [5, 5.41) is 11.4. The summed E-state index contributed by atoms with van der Waals surface area (Å²) >= 11 is 0. The van der Waals surface area contributed by atoms with Gasteiger partial charge in [-0.05, 0) is 29.7 Å². The molecule has 1 fully saturated rings. The van der Waals surface area contributed by atoms with E-state index in [1.165, 1.54) is 24.3 Å². The highest BCUT2D eigenvalue weighted by molar-refractivity contribution is 5.81. The molecule has 1 aliphatic carbocycles. The Bertz CT molecular complexity index is 1240. The van der Waals surface area contributed by atoms with Crippen molar-refractivity contribution in [3.05, 3.63) is 89.5 Å². The van der Waals surface area contributed by atoms with Crippen LogP contribution in [0.25, 0.3) is 0 Å². The van der Waals surface area contributed by atoms with E-state index in [9.17, 15) is 31.9 Å². The molecule has 0 aliphatic heterocycles. The standard InChI is InChI=1S/C28H30F5N2O3/c1-20-34(15-16-35(20)19-21-8-10-23(11-9-21)28(31,32)33)14-5-17-38-25(36)27(37,22-6-3-2-4-7-22)24-12-13-26(29,30)18-24/h2-4,6-11,15-16,24,37H,5,12-14,17-19H2,1H3/q+1/t24-,27+/m1/s1. The zero-order valence-electron chi connectivity index (χ0n) is 20.9. The predicted octanol–water partition coefficient (Wildman–Crippen LogP) is 5.41. The van der Waals surface area contributed by atoms with Crippen molar-refractivity contribution < 1.29 is 41.2 Å². The van der Waals surface area contributed by atoms with Crippen molar-refractivity contribution in [3.8, 4) is 0 Å². The highest BCUT2D eigenvalue weighted by Crippen LogP contribution is 2.47. The zero-order valence-corrected chi connectivity index (χ0v) is 20.9. The minimum atomic E-state index is -4.38. The number of esters is 1. The van der Waals surface area contributed by atoms with E-state index in [1.807, 2.05) is 28.5 Å². The van der Waals surface area contributed by atoms with Gasteiger partial charge in [-0.15, -0.1) is 0 Å². The second-order valence-electron chi connectivity index (χ2n) is 9.78. The van der Waals surface area contributed by atoms with Crippen molar-refractivity contribution in [2.45, 2.75) is 63.4 Å². The normalized spacial score (nSPS) is 18.8. The van der Waals surface area contributed by atoms with Gasteiger partial charge in [0.05, 0.1) is 18.7 Å². The van der Waals surface area contributed by atoms with E-state index in [2.05, 4.69) is 0 Å². The molecule has 204 valence electrons. The van der Waals surface area contributed by atoms with Crippen LogP contribution >= 0.6 is 0 Å². The van der Waals surface area contributed by atoms with Crippen LogP contribution in [0.5, 0.6) is 0 Å². The number of hydrogen-bond donors (Lipinski definition) is 1. The first-order valence-corrected chi connectivity index (χ1v) is 12.4. The van der Waals surface area contributed by atoms with Crippen LogP contribution in [0.2, 0.25) is 0 Å². The molecule has 2 aromatic carbocycles. The fraction of sp³-hybridized carbons (Fsp3) is 0.429. The van der Waals surface area contributed by atoms with E-state index in [0.717, 1.165) is 23.5 Å². The summed E-state index contributed by atoms with van der Waals surface area (Å²) in [7, 11) is 0. The van der Waals surface area contributed by atoms with E-state index in [-0.39, 0.29) is 25.0 Å². The van der Waals surface area contributed by atoms with Gasteiger partial charge in [0, 0.05) is 32.1 Å². The third-order valence-electron chi connectivity index (χ3n) is 7.19. The Kier molecular flexibility index (Phi) is 7.92. The fourth-order valence-electron chi connectivity index (χ4n) is 4.97. The summed E-state index contributed by atoms with van der Waals surface area (Å²) in [6, 6.07) is 13.1. The number of aromatic nitrogens is 2. The number of imidazole rings is 1. The lowest BCUT2D eigenvalue weighted by Crippen LogP contribution is -2.44. The summed E-state index contributed by atoms with van der Waals surface area (Å²) in [6.07, 6.45) is -1.31. The number of carbonyl (C=O) groups is 1. The number of rotatable bonds is 9. The number of aliphatic hydroxyl groups is 1. The van der Waals surface area contributed by atoms with Crippen LogP contribution in [-0.2, 0) is 34.4 Å². The van der Waals surface area contributed by atoms with Crippen molar-refractivity contribution in [2.24, 2.45) is 5.92 Å². The molecule has 1 heterocycles. The second-order valence-corrected chi connectivity index (χ2v) is 9.78. The van der Waals surface area contributed by atoms with Crippen LogP contribution in [0.1, 0.15) is 48.2 Å². The number of benzene rings is 2. The number of alkyl halides is 5. The van der Waals surface area contributed by atoms with Gasteiger partial charge in [0.15, 0.2) is 5.60 Å². The second kappa shape index (κ2) is 10.8. The maximum Gasteiger partial charge on any atom is 0.416 e. The van der Waals surface area contributed by atoms with Gasteiger partial charge in [0.25, 0.3) is 5.82 Å². The van der Waals surface area contributed by atoms with Gasteiger partial charge >= 0.3 is 12.1 Å². The number of aryl methyl sites for hydroxylation is 1.